The maximum absolute atomic E-state index is 12.2. The average Bonchev–Trinajstić information content (AvgIpc) is 3.32. The van der Waals surface area contributed by atoms with Crippen molar-refractivity contribution in [3.05, 3.63) is 58.4 Å². The minimum absolute atomic E-state index is 0.154. The second-order valence-corrected chi connectivity index (χ2v) is 7.04. The Hall–Kier alpha value is -3.00. The molecule has 3 aromatic heterocycles. The predicted octanol–water partition coefficient (Wildman–Crippen LogP) is 2.70. The molecule has 0 aliphatic rings. The molecule has 27 heavy (non-hydrogen) atoms. The van der Waals surface area contributed by atoms with Gasteiger partial charge in [0.15, 0.2) is 5.69 Å². The number of amides is 2. The summed E-state index contributed by atoms with van der Waals surface area (Å²) in [5, 5.41) is 14.5. The van der Waals surface area contributed by atoms with Crippen molar-refractivity contribution >= 4 is 23.2 Å². The van der Waals surface area contributed by atoms with Gasteiger partial charge in [-0.2, -0.15) is 5.10 Å². The number of pyridine rings is 1. The van der Waals surface area contributed by atoms with Crippen LogP contribution in [0.5, 0.6) is 0 Å². The summed E-state index contributed by atoms with van der Waals surface area (Å²) in [6, 6.07) is 9.24. The summed E-state index contributed by atoms with van der Waals surface area (Å²) in [6.07, 6.45) is 0.623. The van der Waals surface area contributed by atoms with Gasteiger partial charge in [-0.3, -0.25) is 19.7 Å². The van der Waals surface area contributed by atoms with E-state index in [0.29, 0.717) is 36.5 Å². The number of nitrogens with zero attached hydrogens (tertiary/aromatic N) is 2. The quantitative estimate of drug-likeness (QED) is 0.546. The molecule has 2 amide bonds. The zero-order chi connectivity index (χ0) is 19.2. The number of carbonyl (C=O) groups is 2. The van der Waals surface area contributed by atoms with Crippen molar-refractivity contribution in [2.24, 2.45) is 0 Å². The number of aromatic amines is 1. The molecule has 0 fully saturated rings. The maximum Gasteiger partial charge on any atom is 0.271 e. The van der Waals surface area contributed by atoms with Crippen molar-refractivity contribution < 1.29 is 9.59 Å². The second-order valence-electron chi connectivity index (χ2n) is 6.10. The van der Waals surface area contributed by atoms with Crippen LogP contribution < -0.4 is 10.6 Å². The van der Waals surface area contributed by atoms with Gasteiger partial charge in [-0.25, -0.2) is 0 Å². The Morgan fingerprint density at radius 2 is 1.89 bits per heavy atom. The Labute approximate surface area is 161 Å². The smallest absolute Gasteiger partial charge is 0.271 e. The summed E-state index contributed by atoms with van der Waals surface area (Å²) in [5.74, 6) is -0.391. The molecule has 3 aromatic rings. The lowest BCUT2D eigenvalue weighted by molar-refractivity contribution is 0.0948. The Bertz CT molecular complexity index is 933. The molecule has 3 N–H and O–H groups in total. The van der Waals surface area contributed by atoms with E-state index in [1.807, 2.05) is 37.4 Å². The van der Waals surface area contributed by atoms with E-state index < -0.39 is 0 Å². The lowest BCUT2D eigenvalue weighted by Crippen LogP contribution is -2.30. The van der Waals surface area contributed by atoms with Crippen LogP contribution in [0.2, 0.25) is 0 Å². The molecule has 0 bridgehead atoms. The van der Waals surface area contributed by atoms with E-state index in [-0.39, 0.29) is 11.8 Å². The Balaban J connectivity index is 1.41. The molecule has 7 nitrogen and oxygen atoms in total. The Morgan fingerprint density at radius 3 is 2.59 bits per heavy atom. The van der Waals surface area contributed by atoms with E-state index in [0.717, 1.165) is 16.3 Å². The van der Waals surface area contributed by atoms with Crippen LogP contribution in [0.15, 0.2) is 35.7 Å². The van der Waals surface area contributed by atoms with Crippen LogP contribution in [-0.2, 0) is 0 Å². The van der Waals surface area contributed by atoms with Crippen molar-refractivity contribution in [1.29, 1.82) is 0 Å². The highest BCUT2D eigenvalue weighted by Crippen LogP contribution is 2.22. The lowest BCUT2D eigenvalue weighted by Gasteiger charge is -2.08. The van der Waals surface area contributed by atoms with E-state index in [1.165, 1.54) is 0 Å². The van der Waals surface area contributed by atoms with Gasteiger partial charge in [0.25, 0.3) is 11.8 Å². The molecule has 0 spiro atoms. The molecule has 8 heteroatoms. The fourth-order valence-corrected chi connectivity index (χ4v) is 3.29. The third-order valence-corrected chi connectivity index (χ3v) is 4.89. The average molecular weight is 383 g/mol. The van der Waals surface area contributed by atoms with Crippen molar-refractivity contribution in [1.82, 2.24) is 25.8 Å². The number of nitrogens with one attached hydrogen (secondary N) is 3. The zero-order valence-electron chi connectivity index (χ0n) is 15.2. The number of hydrogen-bond donors (Lipinski definition) is 3. The van der Waals surface area contributed by atoms with E-state index in [1.54, 1.807) is 23.5 Å². The summed E-state index contributed by atoms with van der Waals surface area (Å²) < 4.78 is 0. The number of H-pyrrole nitrogens is 1. The molecule has 3 heterocycles. The van der Waals surface area contributed by atoms with Gasteiger partial charge in [0.1, 0.15) is 0 Å². The third-order valence-electron chi connectivity index (χ3n) is 3.99. The summed E-state index contributed by atoms with van der Waals surface area (Å²) >= 11 is 1.58. The van der Waals surface area contributed by atoms with E-state index in [2.05, 4.69) is 25.8 Å². The van der Waals surface area contributed by atoms with Gasteiger partial charge in [-0.15, -0.1) is 11.3 Å². The minimum Gasteiger partial charge on any atom is -0.352 e. The first-order valence-corrected chi connectivity index (χ1v) is 9.52. The van der Waals surface area contributed by atoms with Crippen LogP contribution in [-0.4, -0.2) is 40.1 Å². The van der Waals surface area contributed by atoms with Gasteiger partial charge in [0.2, 0.25) is 0 Å². The number of rotatable bonds is 7. The van der Waals surface area contributed by atoms with Crippen LogP contribution in [0.3, 0.4) is 0 Å². The molecular formula is C19H21N5O2S. The van der Waals surface area contributed by atoms with Crippen LogP contribution in [0.4, 0.5) is 0 Å². The minimum atomic E-state index is -0.237. The number of aryl methyl sites for hydroxylation is 2. The summed E-state index contributed by atoms with van der Waals surface area (Å²) in [5.41, 5.74) is 3.34. The summed E-state index contributed by atoms with van der Waals surface area (Å²) in [7, 11) is 0. The molecule has 0 aliphatic heterocycles. The van der Waals surface area contributed by atoms with Crippen LogP contribution in [0.25, 0.3) is 10.6 Å². The SMILES string of the molecule is Cc1ccc(C(=O)NCCCNC(=O)c2cc(-c3cccs3)[nH]n2)c(C)n1. The van der Waals surface area contributed by atoms with Crippen molar-refractivity contribution in [3.63, 3.8) is 0 Å². The Morgan fingerprint density at radius 1 is 1.11 bits per heavy atom. The van der Waals surface area contributed by atoms with Crippen LogP contribution >= 0.6 is 11.3 Å². The highest BCUT2D eigenvalue weighted by atomic mass is 32.1. The van der Waals surface area contributed by atoms with E-state index in [4.69, 9.17) is 0 Å². The standard InChI is InChI=1S/C19H21N5O2S/c1-12-6-7-14(13(2)22-12)18(25)20-8-4-9-21-19(26)16-11-15(23-24-16)17-5-3-10-27-17/h3,5-7,10-11H,4,8-9H2,1-2H3,(H,20,25)(H,21,26)(H,23,24). The molecule has 140 valence electrons. The van der Waals surface area contributed by atoms with Gasteiger partial charge < -0.3 is 10.6 Å². The van der Waals surface area contributed by atoms with Gasteiger partial charge in [-0.05, 0) is 49.9 Å². The summed E-state index contributed by atoms with van der Waals surface area (Å²) in [6.45, 7) is 4.62. The van der Waals surface area contributed by atoms with Gasteiger partial charge >= 0.3 is 0 Å². The zero-order valence-corrected chi connectivity index (χ0v) is 16.0. The fraction of sp³-hybridized carbons (Fsp3) is 0.263. The van der Waals surface area contributed by atoms with Crippen molar-refractivity contribution in [2.45, 2.75) is 20.3 Å². The van der Waals surface area contributed by atoms with Gasteiger partial charge in [0.05, 0.1) is 21.8 Å². The molecular weight excluding hydrogens is 362 g/mol. The Kier molecular flexibility index (Phi) is 5.97. The molecule has 0 saturated carbocycles. The lowest BCUT2D eigenvalue weighted by atomic mass is 10.1. The molecule has 0 aromatic carbocycles. The monoisotopic (exact) mass is 383 g/mol. The second kappa shape index (κ2) is 8.59. The number of carbonyl (C=O) groups excluding carboxylic acids is 2. The normalized spacial score (nSPS) is 10.6. The van der Waals surface area contributed by atoms with Crippen LogP contribution in [0.1, 0.15) is 38.7 Å². The van der Waals surface area contributed by atoms with Gasteiger partial charge in [-0.1, -0.05) is 6.07 Å². The predicted molar refractivity (Wildman–Crippen MR) is 105 cm³/mol. The molecule has 0 aliphatic carbocycles. The first kappa shape index (κ1) is 18.8. The molecule has 0 atom stereocenters. The first-order chi connectivity index (χ1) is 13.0. The topological polar surface area (TPSA) is 99.8 Å². The number of hydrogen-bond acceptors (Lipinski definition) is 5. The summed E-state index contributed by atoms with van der Waals surface area (Å²) in [4.78, 5) is 29.6. The van der Waals surface area contributed by atoms with E-state index >= 15 is 0 Å². The van der Waals surface area contributed by atoms with Crippen molar-refractivity contribution in [2.75, 3.05) is 13.1 Å². The first-order valence-electron chi connectivity index (χ1n) is 8.64. The highest BCUT2D eigenvalue weighted by Gasteiger charge is 2.12. The maximum atomic E-state index is 12.2. The van der Waals surface area contributed by atoms with Gasteiger partial charge in [0, 0.05) is 18.8 Å². The molecule has 0 unspecified atom stereocenters. The third kappa shape index (κ3) is 4.79. The van der Waals surface area contributed by atoms with Crippen LogP contribution in [0, 0.1) is 13.8 Å². The van der Waals surface area contributed by atoms with E-state index in [9.17, 15) is 9.59 Å². The molecule has 3 rings (SSSR count). The largest absolute Gasteiger partial charge is 0.352 e. The molecule has 0 radical (unpaired) electrons. The number of aromatic nitrogens is 3. The fourth-order valence-electron chi connectivity index (χ4n) is 2.60. The van der Waals surface area contributed by atoms with Crippen molar-refractivity contribution in [3.8, 4) is 10.6 Å². The number of thiophene rings is 1. The highest BCUT2D eigenvalue weighted by molar-refractivity contribution is 7.13. The molecule has 0 saturated heterocycles.